The van der Waals surface area contributed by atoms with Crippen molar-refractivity contribution in [3.63, 3.8) is 0 Å². The molecule has 0 heterocycles. The zero-order chi connectivity index (χ0) is 12.3. The Bertz CT molecular complexity index is 531. The van der Waals surface area contributed by atoms with E-state index in [9.17, 15) is 0 Å². The molecule has 0 unspecified atom stereocenters. The highest BCUT2D eigenvalue weighted by Gasteiger charge is 2.06. The molecule has 2 nitrogen and oxygen atoms in total. The molecule has 2 aromatic carbocycles. The number of rotatable bonds is 2. The van der Waals surface area contributed by atoms with Crippen LogP contribution in [0, 0.1) is 0 Å². The third-order valence-corrected chi connectivity index (χ3v) is 2.49. The van der Waals surface area contributed by atoms with Crippen LogP contribution in [0.3, 0.4) is 0 Å². The molecule has 0 N–H and O–H groups in total. The predicted molar refractivity (Wildman–Crippen MR) is 72.3 cm³/mol. The highest BCUT2D eigenvalue weighted by molar-refractivity contribution is 5.85. The highest BCUT2D eigenvalue weighted by Crippen LogP contribution is 2.19. The van der Waals surface area contributed by atoms with Crippen molar-refractivity contribution in [3.05, 3.63) is 48.0 Å². The van der Waals surface area contributed by atoms with Crippen LogP contribution in [-0.4, -0.2) is 5.54 Å². The molecule has 0 fully saturated rings. The zero-order valence-corrected chi connectivity index (χ0v) is 10.6. The van der Waals surface area contributed by atoms with Gasteiger partial charge in [-0.15, -0.1) is 0 Å². The Morgan fingerprint density at radius 2 is 1.65 bits per heavy atom. The van der Waals surface area contributed by atoms with Gasteiger partial charge in [-0.3, -0.25) is 0 Å². The van der Waals surface area contributed by atoms with E-state index in [1.807, 2.05) is 0 Å². The van der Waals surface area contributed by atoms with E-state index >= 15 is 0 Å². The molecule has 0 aliphatic carbocycles. The van der Waals surface area contributed by atoms with Crippen LogP contribution in [0.5, 0.6) is 0 Å². The Morgan fingerprint density at radius 1 is 0.941 bits per heavy atom. The molecule has 2 aromatic rings. The summed E-state index contributed by atoms with van der Waals surface area (Å²) in [7, 11) is 0. The first kappa shape index (κ1) is 11.8. The van der Waals surface area contributed by atoms with Crippen LogP contribution < -0.4 is 0 Å². The van der Waals surface area contributed by atoms with Crippen molar-refractivity contribution in [3.8, 4) is 0 Å². The Balaban J connectivity index is 2.28. The topological polar surface area (TPSA) is 24.7 Å². The number of azo groups is 1. The van der Waals surface area contributed by atoms with Crippen LogP contribution in [-0.2, 0) is 6.54 Å². The molecule has 88 valence electrons. The van der Waals surface area contributed by atoms with Crippen LogP contribution in [0.25, 0.3) is 10.8 Å². The maximum Gasteiger partial charge on any atom is 0.0855 e. The normalized spacial score (nSPS) is 12.4. The van der Waals surface area contributed by atoms with Gasteiger partial charge in [0.25, 0.3) is 0 Å². The van der Waals surface area contributed by atoms with Gasteiger partial charge in [0, 0.05) is 0 Å². The highest BCUT2D eigenvalue weighted by atomic mass is 15.1. The van der Waals surface area contributed by atoms with Crippen molar-refractivity contribution < 1.29 is 0 Å². The van der Waals surface area contributed by atoms with E-state index in [-0.39, 0.29) is 5.54 Å². The molecule has 2 rings (SSSR count). The first-order valence-corrected chi connectivity index (χ1v) is 5.91. The molecule has 0 aromatic heterocycles. The third kappa shape index (κ3) is 3.13. The van der Waals surface area contributed by atoms with Crippen LogP contribution in [0.15, 0.2) is 52.7 Å². The van der Waals surface area contributed by atoms with Crippen LogP contribution in [0.2, 0.25) is 0 Å². The lowest BCUT2D eigenvalue weighted by Crippen LogP contribution is -2.07. The first-order chi connectivity index (χ1) is 8.06. The second kappa shape index (κ2) is 4.66. The molecule has 0 amide bonds. The molecule has 0 radical (unpaired) electrons. The molecule has 0 aliphatic heterocycles. The maximum atomic E-state index is 4.29. The van der Waals surface area contributed by atoms with Crippen molar-refractivity contribution in [2.75, 3.05) is 0 Å². The van der Waals surface area contributed by atoms with Gasteiger partial charge in [0.1, 0.15) is 0 Å². The van der Waals surface area contributed by atoms with Gasteiger partial charge in [0.15, 0.2) is 0 Å². The number of fused-ring (bicyclic) bond motifs is 1. The smallest absolute Gasteiger partial charge is 0.0855 e. The lowest BCUT2D eigenvalue weighted by atomic mass is 10.1. The molecule has 17 heavy (non-hydrogen) atoms. The van der Waals surface area contributed by atoms with Crippen LogP contribution >= 0.6 is 0 Å². The molecule has 0 saturated heterocycles. The van der Waals surface area contributed by atoms with E-state index in [1.54, 1.807) is 0 Å². The molecule has 0 atom stereocenters. The number of hydrogen-bond acceptors (Lipinski definition) is 2. The fourth-order valence-corrected chi connectivity index (χ4v) is 1.75. The maximum absolute atomic E-state index is 4.29. The first-order valence-electron chi connectivity index (χ1n) is 5.91. The summed E-state index contributed by atoms with van der Waals surface area (Å²) < 4.78 is 0. The minimum Gasteiger partial charge on any atom is -0.189 e. The molecule has 0 bridgehead atoms. The Labute approximate surface area is 102 Å². The summed E-state index contributed by atoms with van der Waals surface area (Å²) in [5.41, 5.74) is 1.14. The summed E-state index contributed by atoms with van der Waals surface area (Å²) >= 11 is 0. The van der Waals surface area contributed by atoms with E-state index in [0.717, 1.165) is 0 Å². The SMILES string of the molecule is CC(C)(C)N=NCc1cccc2ccccc12. The monoisotopic (exact) mass is 226 g/mol. The number of hydrogen-bond donors (Lipinski definition) is 0. The largest absolute Gasteiger partial charge is 0.189 e. The zero-order valence-electron chi connectivity index (χ0n) is 10.6. The van der Waals surface area contributed by atoms with E-state index in [2.05, 4.69) is 73.5 Å². The fraction of sp³-hybridized carbons (Fsp3) is 0.333. The van der Waals surface area contributed by atoms with Gasteiger partial charge in [0.05, 0.1) is 12.1 Å². The molecular weight excluding hydrogens is 208 g/mol. The fourth-order valence-electron chi connectivity index (χ4n) is 1.75. The van der Waals surface area contributed by atoms with Crippen molar-refractivity contribution in [2.24, 2.45) is 10.2 Å². The molecule has 0 spiro atoms. The van der Waals surface area contributed by atoms with Gasteiger partial charge in [0.2, 0.25) is 0 Å². The molecule has 0 saturated carbocycles. The summed E-state index contributed by atoms with van der Waals surface area (Å²) in [6, 6.07) is 14.7. The summed E-state index contributed by atoms with van der Waals surface area (Å²) in [5, 5.41) is 11.1. The third-order valence-electron chi connectivity index (χ3n) is 2.49. The average Bonchev–Trinajstić information content (AvgIpc) is 2.28. The van der Waals surface area contributed by atoms with Gasteiger partial charge >= 0.3 is 0 Å². The lowest BCUT2D eigenvalue weighted by Gasteiger charge is -2.09. The summed E-state index contributed by atoms with van der Waals surface area (Å²) in [5.74, 6) is 0. The van der Waals surface area contributed by atoms with Crippen LogP contribution in [0.1, 0.15) is 26.3 Å². The second-order valence-electron chi connectivity index (χ2n) is 5.21. The van der Waals surface area contributed by atoms with Crippen molar-refractivity contribution >= 4 is 10.8 Å². The Morgan fingerprint density at radius 3 is 2.41 bits per heavy atom. The van der Waals surface area contributed by atoms with Gasteiger partial charge in [-0.1, -0.05) is 42.5 Å². The Kier molecular flexibility index (Phi) is 3.23. The van der Waals surface area contributed by atoms with Crippen molar-refractivity contribution in [1.29, 1.82) is 0 Å². The standard InChI is InChI=1S/C15H18N2/c1-15(2,3)17-16-11-13-9-6-8-12-7-4-5-10-14(12)13/h4-10H,11H2,1-3H3. The average molecular weight is 226 g/mol. The van der Waals surface area contributed by atoms with Crippen molar-refractivity contribution in [1.82, 2.24) is 0 Å². The molecule has 2 heteroatoms. The second-order valence-corrected chi connectivity index (χ2v) is 5.21. The van der Waals surface area contributed by atoms with Gasteiger partial charge < -0.3 is 0 Å². The van der Waals surface area contributed by atoms with Gasteiger partial charge in [-0.2, -0.15) is 10.2 Å². The van der Waals surface area contributed by atoms with E-state index in [0.29, 0.717) is 6.54 Å². The van der Waals surface area contributed by atoms with Gasteiger partial charge in [-0.05, 0) is 37.1 Å². The molecular formula is C15H18N2. The van der Waals surface area contributed by atoms with Crippen LogP contribution in [0.4, 0.5) is 0 Å². The van der Waals surface area contributed by atoms with E-state index in [1.165, 1.54) is 16.3 Å². The number of benzene rings is 2. The predicted octanol–water partition coefficient (Wildman–Crippen LogP) is 4.59. The molecule has 0 aliphatic rings. The van der Waals surface area contributed by atoms with E-state index in [4.69, 9.17) is 0 Å². The summed E-state index contributed by atoms with van der Waals surface area (Å²) in [6.07, 6.45) is 0. The minimum absolute atomic E-state index is 0.0927. The lowest BCUT2D eigenvalue weighted by molar-refractivity contribution is 0.537. The number of nitrogens with zero attached hydrogens (tertiary/aromatic N) is 2. The Hall–Kier alpha value is -1.70. The summed E-state index contributed by atoms with van der Waals surface area (Å²) in [4.78, 5) is 0. The van der Waals surface area contributed by atoms with Gasteiger partial charge in [-0.25, -0.2) is 0 Å². The summed E-state index contributed by atoms with van der Waals surface area (Å²) in [6.45, 7) is 6.82. The minimum atomic E-state index is -0.0927. The van der Waals surface area contributed by atoms with E-state index < -0.39 is 0 Å². The van der Waals surface area contributed by atoms with Crippen molar-refractivity contribution in [2.45, 2.75) is 32.9 Å². The quantitative estimate of drug-likeness (QED) is 0.669.